The molecule has 1 saturated carbocycles. The number of sulfonamides is 1. The van der Waals surface area contributed by atoms with E-state index >= 15 is 0 Å². The standard InChI is InChI=1S/C23H25ClN4O4S/c1-32-22-10-4-16(11-19(22)24)14-27-21-12-15(13-25)3-9-20(21)28(23(27)29)18-7-5-17(6-8-18)26-33(2,30)31/h3-4,9-12,17-18,26H,5-8,14H2,1-2H3. The number of aromatic nitrogens is 2. The summed E-state index contributed by atoms with van der Waals surface area (Å²) in [6.45, 7) is 0.298. The van der Waals surface area contributed by atoms with Crippen LogP contribution in [0.4, 0.5) is 0 Å². The molecule has 0 saturated heterocycles. The lowest BCUT2D eigenvalue weighted by Gasteiger charge is -2.29. The van der Waals surface area contributed by atoms with Crippen molar-refractivity contribution >= 4 is 32.7 Å². The van der Waals surface area contributed by atoms with E-state index in [1.807, 2.05) is 12.1 Å². The van der Waals surface area contributed by atoms with Crippen molar-refractivity contribution in [1.29, 1.82) is 5.26 Å². The van der Waals surface area contributed by atoms with Gasteiger partial charge in [0.1, 0.15) is 5.75 Å². The van der Waals surface area contributed by atoms with Crippen LogP contribution < -0.4 is 15.1 Å². The van der Waals surface area contributed by atoms with Gasteiger partial charge in [-0.05, 0) is 61.6 Å². The molecule has 10 heteroatoms. The van der Waals surface area contributed by atoms with Gasteiger partial charge in [0.2, 0.25) is 10.0 Å². The molecule has 1 N–H and O–H groups in total. The molecule has 1 fully saturated rings. The monoisotopic (exact) mass is 488 g/mol. The van der Waals surface area contributed by atoms with Gasteiger partial charge in [0.15, 0.2) is 0 Å². The highest BCUT2D eigenvalue weighted by Crippen LogP contribution is 2.31. The molecule has 0 spiro atoms. The fourth-order valence-electron chi connectivity index (χ4n) is 4.60. The van der Waals surface area contributed by atoms with E-state index in [9.17, 15) is 18.5 Å². The minimum atomic E-state index is -3.27. The smallest absolute Gasteiger partial charge is 0.329 e. The molecule has 1 aliphatic carbocycles. The van der Waals surface area contributed by atoms with Gasteiger partial charge in [0, 0.05) is 12.1 Å². The van der Waals surface area contributed by atoms with Gasteiger partial charge < -0.3 is 4.74 Å². The summed E-state index contributed by atoms with van der Waals surface area (Å²) in [6, 6.07) is 12.6. The van der Waals surface area contributed by atoms with E-state index in [4.69, 9.17) is 16.3 Å². The third-order valence-electron chi connectivity index (χ3n) is 6.09. The Morgan fingerprint density at radius 2 is 1.88 bits per heavy atom. The van der Waals surface area contributed by atoms with Gasteiger partial charge in [-0.2, -0.15) is 5.26 Å². The second-order valence-corrected chi connectivity index (χ2v) is 10.6. The molecule has 174 valence electrons. The highest BCUT2D eigenvalue weighted by molar-refractivity contribution is 7.88. The topological polar surface area (TPSA) is 106 Å². The van der Waals surface area contributed by atoms with Crippen molar-refractivity contribution in [2.45, 2.75) is 44.3 Å². The molecule has 3 aromatic rings. The number of rotatable bonds is 6. The van der Waals surface area contributed by atoms with Crippen LogP contribution in [-0.2, 0) is 16.6 Å². The SMILES string of the molecule is COc1ccc(Cn2c(=O)n(C3CCC(NS(C)(=O)=O)CC3)c3ccc(C#N)cc32)cc1Cl. The minimum absolute atomic E-state index is 0.0498. The van der Waals surface area contributed by atoms with Crippen molar-refractivity contribution < 1.29 is 13.2 Å². The van der Waals surface area contributed by atoms with Crippen LogP contribution in [0.2, 0.25) is 5.02 Å². The van der Waals surface area contributed by atoms with Crippen LogP contribution in [0.3, 0.4) is 0 Å². The van der Waals surface area contributed by atoms with E-state index in [0.29, 0.717) is 54.1 Å². The number of nitriles is 1. The van der Waals surface area contributed by atoms with E-state index in [-0.39, 0.29) is 17.8 Å². The number of hydrogen-bond acceptors (Lipinski definition) is 5. The van der Waals surface area contributed by atoms with Gasteiger partial charge in [-0.3, -0.25) is 9.13 Å². The first-order valence-corrected chi connectivity index (χ1v) is 12.9. The zero-order valence-electron chi connectivity index (χ0n) is 18.4. The molecule has 8 nitrogen and oxygen atoms in total. The Hall–Kier alpha value is -2.80. The molecule has 4 rings (SSSR count). The van der Waals surface area contributed by atoms with E-state index in [0.717, 1.165) is 17.3 Å². The molecule has 33 heavy (non-hydrogen) atoms. The predicted octanol–water partition coefficient (Wildman–Crippen LogP) is 3.42. The van der Waals surface area contributed by atoms with E-state index in [1.54, 1.807) is 40.5 Å². The summed E-state index contributed by atoms with van der Waals surface area (Å²) < 4.78 is 34.5. The van der Waals surface area contributed by atoms with Crippen molar-refractivity contribution in [3.8, 4) is 11.8 Å². The number of fused-ring (bicyclic) bond motifs is 1. The molecule has 1 heterocycles. The van der Waals surface area contributed by atoms with Gasteiger partial charge in [-0.15, -0.1) is 0 Å². The normalized spacial score (nSPS) is 18.8. The Morgan fingerprint density at radius 3 is 2.48 bits per heavy atom. The zero-order chi connectivity index (χ0) is 23.8. The Bertz CT molecular complexity index is 1400. The lowest BCUT2D eigenvalue weighted by atomic mass is 9.91. The first-order chi connectivity index (χ1) is 15.7. The first kappa shape index (κ1) is 23.4. The van der Waals surface area contributed by atoms with Crippen LogP contribution in [-0.4, -0.2) is 37.0 Å². The highest BCUT2D eigenvalue weighted by atomic mass is 35.5. The predicted molar refractivity (Wildman–Crippen MR) is 127 cm³/mol. The van der Waals surface area contributed by atoms with Crippen molar-refractivity contribution in [2.75, 3.05) is 13.4 Å². The molecule has 0 atom stereocenters. The molecule has 0 radical (unpaired) electrons. The molecule has 1 aromatic heterocycles. The van der Waals surface area contributed by atoms with Gasteiger partial charge in [0.05, 0.1) is 47.6 Å². The molecule has 2 aromatic carbocycles. The van der Waals surface area contributed by atoms with Crippen molar-refractivity contribution in [1.82, 2.24) is 13.9 Å². The molecule has 0 aliphatic heterocycles. The number of hydrogen-bond donors (Lipinski definition) is 1. The fourth-order valence-corrected chi connectivity index (χ4v) is 5.72. The molecular weight excluding hydrogens is 464 g/mol. The Labute approximate surface area is 197 Å². The van der Waals surface area contributed by atoms with E-state index < -0.39 is 10.0 Å². The third kappa shape index (κ3) is 4.93. The lowest BCUT2D eigenvalue weighted by molar-refractivity contribution is 0.310. The van der Waals surface area contributed by atoms with Crippen LogP contribution in [0.25, 0.3) is 11.0 Å². The molecule has 0 amide bonds. The fraction of sp³-hybridized carbons (Fsp3) is 0.391. The maximum atomic E-state index is 13.6. The summed E-state index contributed by atoms with van der Waals surface area (Å²) in [7, 11) is -1.72. The third-order valence-corrected chi connectivity index (χ3v) is 7.15. The summed E-state index contributed by atoms with van der Waals surface area (Å²) >= 11 is 6.28. The summed E-state index contributed by atoms with van der Waals surface area (Å²) in [6.07, 6.45) is 3.83. The number of benzene rings is 2. The summed E-state index contributed by atoms with van der Waals surface area (Å²) in [5.74, 6) is 0.557. The van der Waals surface area contributed by atoms with Crippen molar-refractivity contribution in [3.63, 3.8) is 0 Å². The molecular formula is C23H25ClN4O4S. The van der Waals surface area contributed by atoms with Crippen LogP contribution in [0.5, 0.6) is 5.75 Å². The first-order valence-electron chi connectivity index (χ1n) is 10.6. The largest absolute Gasteiger partial charge is 0.495 e. The van der Waals surface area contributed by atoms with Gasteiger partial charge in [-0.25, -0.2) is 17.9 Å². The molecule has 0 unspecified atom stereocenters. The van der Waals surface area contributed by atoms with E-state index in [2.05, 4.69) is 10.8 Å². The van der Waals surface area contributed by atoms with Crippen LogP contribution in [0.1, 0.15) is 42.9 Å². The Kier molecular flexibility index (Phi) is 6.52. The average Bonchev–Trinajstić information content (AvgIpc) is 3.04. The number of nitrogens with zero attached hydrogens (tertiary/aromatic N) is 3. The van der Waals surface area contributed by atoms with Gasteiger partial charge in [0.25, 0.3) is 0 Å². The molecule has 1 aliphatic rings. The maximum Gasteiger partial charge on any atom is 0.329 e. The highest BCUT2D eigenvalue weighted by Gasteiger charge is 2.27. The van der Waals surface area contributed by atoms with Gasteiger partial charge >= 0.3 is 5.69 Å². The molecule has 0 bridgehead atoms. The van der Waals surface area contributed by atoms with E-state index in [1.165, 1.54) is 0 Å². The Morgan fingerprint density at radius 1 is 1.15 bits per heavy atom. The summed E-state index contributed by atoms with van der Waals surface area (Å²) in [5.41, 5.74) is 2.60. The quantitative estimate of drug-likeness (QED) is 0.572. The van der Waals surface area contributed by atoms with Crippen molar-refractivity contribution in [3.05, 3.63) is 63.0 Å². The van der Waals surface area contributed by atoms with Crippen LogP contribution >= 0.6 is 11.6 Å². The second kappa shape index (κ2) is 9.21. The lowest BCUT2D eigenvalue weighted by Crippen LogP contribution is -2.38. The number of imidazole rings is 1. The second-order valence-electron chi connectivity index (χ2n) is 8.42. The van der Waals surface area contributed by atoms with Crippen molar-refractivity contribution in [2.24, 2.45) is 0 Å². The number of halogens is 1. The maximum absolute atomic E-state index is 13.6. The number of nitrogens with one attached hydrogen (secondary N) is 1. The van der Waals surface area contributed by atoms with Gasteiger partial charge in [-0.1, -0.05) is 17.7 Å². The van der Waals surface area contributed by atoms with Crippen LogP contribution in [0.15, 0.2) is 41.2 Å². The van der Waals surface area contributed by atoms with Crippen LogP contribution in [0, 0.1) is 11.3 Å². The Balaban J connectivity index is 1.71. The summed E-state index contributed by atoms with van der Waals surface area (Å²) in [5, 5.41) is 9.85. The zero-order valence-corrected chi connectivity index (χ0v) is 20.0. The number of ether oxygens (including phenoxy) is 1. The average molecular weight is 489 g/mol. The summed E-state index contributed by atoms with van der Waals surface area (Å²) in [4.78, 5) is 13.6. The number of methoxy groups -OCH3 is 1. The minimum Gasteiger partial charge on any atom is -0.495 e.